The third-order valence-electron chi connectivity index (χ3n) is 4.15. The molecule has 1 saturated heterocycles. The minimum atomic E-state index is -0.921. The predicted molar refractivity (Wildman–Crippen MR) is 91.8 cm³/mol. The van der Waals surface area contributed by atoms with Crippen LogP contribution in [0.4, 0.5) is 15.6 Å². The molecule has 1 aliphatic rings. The molecule has 0 bridgehead atoms. The van der Waals surface area contributed by atoms with Crippen LogP contribution >= 0.6 is 11.3 Å². The Morgan fingerprint density at radius 2 is 2.22 bits per heavy atom. The van der Waals surface area contributed by atoms with E-state index in [9.17, 15) is 4.79 Å². The standard InChI is InChI=1S/C16H20N4O2S/c1-19(16(21)22)9-11-4-6-12(7-5-11)20-8-2-3-14(20)13-10-23-15(17)18-13/h4-7,10,14H,2-3,8-9H2,1H3,(H2,17,18)(H,21,22)/t14-/m1/s1. The highest BCUT2D eigenvalue weighted by Crippen LogP contribution is 2.36. The van der Waals surface area contributed by atoms with Crippen molar-refractivity contribution in [1.82, 2.24) is 9.88 Å². The van der Waals surface area contributed by atoms with Gasteiger partial charge in [0.05, 0.1) is 11.7 Å². The lowest BCUT2D eigenvalue weighted by Crippen LogP contribution is -2.24. The van der Waals surface area contributed by atoms with Crippen LogP contribution in [0.3, 0.4) is 0 Å². The van der Waals surface area contributed by atoms with Crippen molar-refractivity contribution in [2.75, 3.05) is 24.2 Å². The summed E-state index contributed by atoms with van der Waals surface area (Å²) < 4.78 is 0. The molecule has 6 nitrogen and oxygen atoms in total. The average molecular weight is 332 g/mol. The van der Waals surface area contributed by atoms with E-state index in [0.717, 1.165) is 36.3 Å². The minimum Gasteiger partial charge on any atom is -0.465 e. The highest BCUT2D eigenvalue weighted by atomic mass is 32.1. The number of nitrogen functional groups attached to an aromatic ring is 1. The fourth-order valence-corrected chi connectivity index (χ4v) is 3.58. The molecule has 0 aliphatic carbocycles. The van der Waals surface area contributed by atoms with Crippen molar-refractivity contribution in [3.63, 3.8) is 0 Å². The molecule has 7 heteroatoms. The number of nitrogens with two attached hydrogens (primary N) is 1. The van der Waals surface area contributed by atoms with Gasteiger partial charge in [-0.05, 0) is 30.5 Å². The van der Waals surface area contributed by atoms with Gasteiger partial charge < -0.3 is 20.6 Å². The first-order valence-electron chi connectivity index (χ1n) is 7.55. The number of anilines is 2. The molecule has 1 aromatic carbocycles. The van der Waals surface area contributed by atoms with E-state index < -0.39 is 6.09 Å². The summed E-state index contributed by atoms with van der Waals surface area (Å²) >= 11 is 1.48. The number of rotatable bonds is 4. The summed E-state index contributed by atoms with van der Waals surface area (Å²) in [5.74, 6) is 0. The molecular formula is C16H20N4O2S. The summed E-state index contributed by atoms with van der Waals surface area (Å²) in [6, 6.07) is 8.35. The lowest BCUT2D eigenvalue weighted by molar-refractivity contribution is 0.154. The smallest absolute Gasteiger partial charge is 0.407 e. The number of amides is 1. The zero-order valence-corrected chi connectivity index (χ0v) is 13.8. The number of hydrogen-bond acceptors (Lipinski definition) is 5. The summed E-state index contributed by atoms with van der Waals surface area (Å²) in [6.07, 6.45) is 1.29. The van der Waals surface area contributed by atoms with Crippen LogP contribution in [0.15, 0.2) is 29.6 Å². The fraction of sp³-hybridized carbons (Fsp3) is 0.375. The van der Waals surface area contributed by atoms with Gasteiger partial charge in [-0.1, -0.05) is 12.1 Å². The van der Waals surface area contributed by atoms with Gasteiger partial charge in [0, 0.05) is 31.2 Å². The Hall–Kier alpha value is -2.28. The van der Waals surface area contributed by atoms with Crippen molar-refractivity contribution >= 4 is 28.2 Å². The Kier molecular flexibility index (Phi) is 4.38. The largest absolute Gasteiger partial charge is 0.465 e. The van der Waals surface area contributed by atoms with Crippen LogP contribution in [0.25, 0.3) is 0 Å². The third-order valence-corrected chi connectivity index (χ3v) is 4.84. The lowest BCUT2D eigenvalue weighted by Gasteiger charge is -2.26. The molecule has 0 spiro atoms. The van der Waals surface area contributed by atoms with Crippen LogP contribution in [0.1, 0.15) is 30.1 Å². The van der Waals surface area contributed by atoms with E-state index in [2.05, 4.69) is 22.0 Å². The molecule has 1 aromatic heterocycles. The van der Waals surface area contributed by atoms with E-state index in [1.165, 1.54) is 16.2 Å². The summed E-state index contributed by atoms with van der Waals surface area (Å²) in [5.41, 5.74) is 8.92. The van der Waals surface area contributed by atoms with Gasteiger partial charge in [0.25, 0.3) is 0 Å². The molecule has 1 aliphatic heterocycles. The second kappa shape index (κ2) is 6.45. The molecular weight excluding hydrogens is 312 g/mol. The van der Waals surface area contributed by atoms with Crippen molar-refractivity contribution in [3.05, 3.63) is 40.9 Å². The molecule has 2 aromatic rings. The SMILES string of the molecule is CN(Cc1ccc(N2CCC[C@@H]2c2csc(N)n2)cc1)C(=O)O. The average Bonchev–Trinajstić information content (AvgIpc) is 3.16. The van der Waals surface area contributed by atoms with Gasteiger partial charge in [0.2, 0.25) is 0 Å². The molecule has 1 atom stereocenters. The van der Waals surface area contributed by atoms with Crippen molar-refractivity contribution in [1.29, 1.82) is 0 Å². The van der Waals surface area contributed by atoms with Crippen LogP contribution in [0.5, 0.6) is 0 Å². The summed E-state index contributed by atoms with van der Waals surface area (Å²) in [7, 11) is 1.57. The van der Waals surface area contributed by atoms with Crippen LogP contribution in [0, 0.1) is 0 Å². The van der Waals surface area contributed by atoms with Crippen molar-refractivity contribution in [2.24, 2.45) is 0 Å². The number of nitrogens with zero attached hydrogens (tertiary/aromatic N) is 3. The zero-order chi connectivity index (χ0) is 16.4. The molecule has 23 heavy (non-hydrogen) atoms. The summed E-state index contributed by atoms with van der Waals surface area (Å²) in [6.45, 7) is 1.39. The van der Waals surface area contributed by atoms with Gasteiger partial charge in [-0.2, -0.15) is 0 Å². The molecule has 2 heterocycles. The molecule has 1 amide bonds. The monoisotopic (exact) mass is 332 g/mol. The Bertz CT molecular complexity index is 686. The first-order chi connectivity index (χ1) is 11.0. The van der Waals surface area contributed by atoms with E-state index in [1.807, 2.05) is 17.5 Å². The second-order valence-corrected chi connectivity index (χ2v) is 6.66. The highest BCUT2D eigenvalue weighted by molar-refractivity contribution is 7.13. The Labute approximate surface area is 139 Å². The van der Waals surface area contributed by atoms with Crippen LogP contribution in [-0.4, -0.2) is 34.7 Å². The zero-order valence-electron chi connectivity index (χ0n) is 13.0. The molecule has 0 unspecified atom stereocenters. The maximum atomic E-state index is 10.9. The van der Waals surface area contributed by atoms with Gasteiger partial charge in [-0.3, -0.25) is 0 Å². The van der Waals surface area contributed by atoms with Crippen molar-refractivity contribution in [2.45, 2.75) is 25.4 Å². The highest BCUT2D eigenvalue weighted by Gasteiger charge is 2.28. The Balaban J connectivity index is 1.74. The van der Waals surface area contributed by atoms with E-state index in [4.69, 9.17) is 10.8 Å². The molecule has 3 N–H and O–H groups in total. The van der Waals surface area contributed by atoms with Gasteiger partial charge in [0.15, 0.2) is 5.13 Å². The summed E-state index contributed by atoms with van der Waals surface area (Å²) in [5, 5.41) is 11.6. The number of hydrogen-bond donors (Lipinski definition) is 2. The van der Waals surface area contributed by atoms with Gasteiger partial charge in [-0.15, -0.1) is 11.3 Å². The van der Waals surface area contributed by atoms with Crippen molar-refractivity contribution < 1.29 is 9.90 Å². The number of thiazole rings is 1. The Morgan fingerprint density at radius 1 is 1.48 bits per heavy atom. The predicted octanol–water partition coefficient (Wildman–Crippen LogP) is 3.18. The fourth-order valence-electron chi connectivity index (χ4n) is 2.97. The first-order valence-corrected chi connectivity index (χ1v) is 8.43. The van der Waals surface area contributed by atoms with Gasteiger partial charge >= 0.3 is 6.09 Å². The van der Waals surface area contributed by atoms with E-state index >= 15 is 0 Å². The van der Waals surface area contributed by atoms with Crippen LogP contribution in [-0.2, 0) is 6.54 Å². The quantitative estimate of drug-likeness (QED) is 0.898. The third kappa shape index (κ3) is 3.39. The van der Waals surface area contributed by atoms with Crippen LogP contribution < -0.4 is 10.6 Å². The number of carboxylic acid groups (broad SMARTS) is 1. The topological polar surface area (TPSA) is 82.7 Å². The number of benzene rings is 1. The van der Waals surface area contributed by atoms with E-state index in [1.54, 1.807) is 7.05 Å². The number of carbonyl (C=O) groups is 1. The maximum absolute atomic E-state index is 10.9. The lowest BCUT2D eigenvalue weighted by atomic mass is 10.1. The van der Waals surface area contributed by atoms with Crippen molar-refractivity contribution in [3.8, 4) is 0 Å². The van der Waals surface area contributed by atoms with E-state index in [-0.39, 0.29) is 6.04 Å². The first kappa shape index (κ1) is 15.6. The normalized spacial score (nSPS) is 17.4. The molecule has 122 valence electrons. The van der Waals surface area contributed by atoms with Gasteiger partial charge in [-0.25, -0.2) is 9.78 Å². The number of aromatic nitrogens is 1. The molecule has 1 fully saturated rings. The molecule has 0 saturated carbocycles. The minimum absolute atomic E-state index is 0.274. The molecule has 3 rings (SSSR count). The van der Waals surface area contributed by atoms with Gasteiger partial charge in [0.1, 0.15) is 0 Å². The Morgan fingerprint density at radius 3 is 2.83 bits per heavy atom. The summed E-state index contributed by atoms with van der Waals surface area (Å²) in [4.78, 5) is 18.9. The maximum Gasteiger partial charge on any atom is 0.407 e. The van der Waals surface area contributed by atoms with E-state index in [0.29, 0.717) is 11.7 Å². The molecule has 0 radical (unpaired) electrons. The second-order valence-electron chi connectivity index (χ2n) is 5.77. The van der Waals surface area contributed by atoms with Crippen LogP contribution in [0.2, 0.25) is 0 Å².